The predicted molar refractivity (Wildman–Crippen MR) is 79.6 cm³/mol. The van der Waals surface area contributed by atoms with Crippen LogP contribution in [0.25, 0.3) is 0 Å². The van der Waals surface area contributed by atoms with Crippen LogP contribution in [0.15, 0.2) is 41.6 Å². The lowest BCUT2D eigenvalue weighted by molar-refractivity contribution is -0.137. The Morgan fingerprint density at radius 1 is 1.09 bits per heavy atom. The second-order valence-electron chi connectivity index (χ2n) is 5.11. The molecule has 1 aliphatic carbocycles. The Kier molecular flexibility index (Phi) is 3.93. The first-order valence-corrected chi connectivity index (χ1v) is 7.15. The fourth-order valence-corrected chi connectivity index (χ4v) is 2.72. The number of oxime groups is 1. The van der Waals surface area contributed by atoms with Gasteiger partial charge in [-0.15, -0.1) is 0 Å². The van der Waals surface area contributed by atoms with Crippen molar-refractivity contribution in [2.45, 2.75) is 19.0 Å². The third kappa shape index (κ3) is 3.12. The maximum absolute atomic E-state index is 12.6. The molecule has 0 aromatic heterocycles. The van der Waals surface area contributed by atoms with Crippen molar-refractivity contribution in [1.29, 1.82) is 0 Å². The number of hydrogen-bond acceptors (Lipinski definition) is 3. The summed E-state index contributed by atoms with van der Waals surface area (Å²) in [6.07, 6.45) is -3.10. The van der Waals surface area contributed by atoms with Crippen LogP contribution in [0.5, 0.6) is 11.5 Å². The quantitative estimate of drug-likeness (QED) is 0.596. The average molecular weight is 342 g/mol. The summed E-state index contributed by atoms with van der Waals surface area (Å²) in [5.41, 5.74) is 1.59. The second kappa shape index (κ2) is 5.77. The Morgan fingerprint density at radius 2 is 1.87 bits per heavy atom. The summed E-state index contributed by atoms with van der Waals surface area (Å²) in [5, 5.41) is 12.0. The minimum absolute atomic E-state index is 0.113. The van der Waals surface area contributed by atoms with Gasteiger partial charge in [0.25, 0.3) is 0 Å². The summed E-state index contributed by atoms with van der Waals surface area (Å²) >= 11 is 5.87. The van der Waals surface area contributed by atoms with Gasteiger partial charge in [-0.2, -0.15) is 13.2 Å². The van der Waals surface area contributed by atoms with E-state index in [1.165, 1.54) is 6.07 Å². The monoisotopic (exact) mass is 341 g/mol. The third-order valence-electron chi connectivity index (χ3n) is 3.63. The summed E-state index contributed by atoms with van der Waals surface area (Å²) in [4.78, 5) is 0. The van der Waals surface area contributed by atoms with Gasteiger partial charge in [0.05, 0.1) is 16.3 Å². The number of benzene rings is 2. The summed E-state index contributed by atoms with van der Waals surface area (Å²) in [5.74, 6) is 0.610. The van der Waals surface area contributed by atoms with Gasteiger partial charge in [0.15, 0.2) is 0 Å². The molecule has 0 amide bonds. The Labute approximate surface area is 134 Å². The van der Waals surface area contributed by atoms with Gasteiger partial charge in [-0.3, -0.25) is 0 Å². The largest absolute Gasteiger partial charge is 0.456 e. The van der Waals surface area contributed by atoms with Crippen LogP contribution < -0.4 is 4.74 Å². The number of fused-ring (bicyclic) bond motifs is 1. The van der Waals surface area contributed by atoms with E-state index in [1.54, 1.807) is 18.2 Å². The summed E-state index contributed by atoms with van der Waals surface area (Å²) < 4.78 is 43.4. The molecule has 1 aliphatic rings. The van der Waals surface area contributed by atoms with Crippen molar-refractivity contribution in [1.82, 2.24) is 0 Å². The molecule has 3 rings (SSSR count). The topological polar surface area (TPSA) is 41.8 Å². The lowest BCUT2D eigenvalue weighted by Gasteiger charge is -2.12. The van der Waals surface area contributed by atoms with Crippen LogP contribution in [0.4, 0.5) is 13.2 Å². The van der Waals surface area contributed by atoms with E-state index in [4.69, 9.17) is 21.5 Å². The minimum Gasteiger partial charge on any atom is -0.456 e. The SMILES string of the molecule is O/N=C1/CCc2cc(Oc3ccc(C(F)(F)F)cc3Cl)ccc21. The van der Waals surface area contributed by atoms with Crippen LogP contribution in [-0.2, 0) is 12.6 Å². The number of ether oxygens (including phenoxy) is 1. The highest BCUT2D eigenvalue weighted by atomic mass is 35.5. The first kappa shape index (κ1) is 15.7. The summed E-state index contributed by atoms with van der Waals surface area (Å²) in [7, 11) is 0. The summed E-state index contributed by atoms with van der Waals surface area (Å²) in [6, 6.07) is 8.13. The van der Waals surface area contributed by atoms with Crippen molar-refractivity contribution in [2.75, 3.05) is 0 Å². The molecule has 0 atom stereocenters. The fourth-order valence-electron chi connectivity index (χ4n) is 2.50. The number of hydrogen-bond donors (Lipinski definition) is 1. The number of aryl methyl sites for hydroxylation is 1. The zero-order valence-electron chi connectivity index (χ0n) is 11.7. The molecule has 0 bridgehead atoms. The molecule has 0 saturated carbocycles. The average Bonchev–Trinajstić information content (AvgIpc) is 2.90. The van der Waals surface area contributed by atoms with Crippen LogP contribution in [0, 0.1) is 0 Å². The molecule has 0 unspecified atom stereocenters. The minimum atomic E-state index is -4.45. The molecule has 0 aliphatic heterocycles. The van der Waals surface area contributed by atoms with Gasteiger partial charge < -0.3 is 9.94 Å². The van der Waals surface area contributed by atoms with Crippen LogP contribution in [0.1, 0.15) is 23.1 Å². The van der Waals surface area contributed by atoms with Gasteiger partial charge in [0.2, 0.25) is 0 Å². The molecule has 7 heteroatoms. The predicted octanol–water partition coefficient (Wildman–Crippen LogP) is 5.28. The highest BCUT2D eigenvalue weighted by Crippen LogP contribution is 2.37. The molecule has 0 saturated heterocycles. The standard InChI is InChI=1S/C16H11ClF3NO2/c17-13-8-10(16(18,19)20)2-6-15(13)23-11-3-4-12-9(7-11)1-5-14(12)21-22/h2-4,6-8,22H,1,5H2/b21-14-. The van der Waals surface area contributed by atoms with E-state index >= 15 is 0 Å². The number of halogens is 4. The molecule has 3 nitrogen and oxygen atoms in total. The molecular formula is C16H11ClF3NO2. The fraction of sp³-hybridized carbons (Fsp3) is 0.188. The molecule has 0 radical (unpaired) electrons. The normalized spacial score (nSPS) is 15.7. The Morgan fingerprint density at radius 3 is 2.52 bits per heavy atom. The second-order valence-corrected chi connectivity index (χ2v) is 5.52. The molecule has 0 spiro atoms. The molecule has 1 N–H and O–H groups in total. The van der Waals surface area contributed by atoms with E-state index < -0.39 is 11.7 Å². The number of alkyl halides is 3. The van der Waals surface area contributed by atoms with Crippen LogP contribution in [0.3, 0.4) is 0 Å². The maximum Gasteiger partial charge on any atom is 0.416 e. The van der Waals surface area contributed by atoms with Gasteiger partial charge in [0.1, 0.15) is 11.5 Å². The Balaban J connectivity index is 1.86. The molecule has 2 aromatic carbocycles. The Bertz CT molecular complexity index is 787. The van der Waals surface area contributed by atoms with Crippen molar-refractivity contribution in [3.05, 3.63) is 58.1 Å². The van der Waals surface area contributed by atoms with E-state index in [1.807, 2.05) is 0 Å². The lowest BCUT2D eigenvalue weighted by Crippen LogP contribution is -2.04. The summed E-state index contributed by atoms with van der Waals surface area (Å²) in [6.45, 7) is 0. The van der Waals surface area contributed by atoms with Gasteiger partial charge in [0, 0.05) is 5.56 Å². The molecular weight excluding hydrogens is 331 g/mol. The van der Waals surface area contributed by atoms with Gasteiger partial charge in [-0.05, 0) is 54.8 Å². The maximum atomic E-state index is 12.6. The first-order valence-electron chi connectivity index (χ1n) is 6.77. The van der Waals surface area contributed by atoms with E-state index in [2.05, 4.69) is 5.16 Å². The van der Waals surface area contributed by atoms with Crippen molar-refractivity contribution in [3.63, 3.8) is 0 Å². The van der Waals surface area contributed by atoms with E-state index in [0.717, 1.165) is 23.3 Å². The third-order valence-corrected chi connectivity index (χ3v) is 3.92. The molecule has 2 aromatic rings. The van der Waals surface area contributed by atoms with Gasteiger partial charge in [-0.25, -0.2) is 0 Å². The molecule has 23 heavy (non-hydrogen) atoms. The van der Waals surface area contributed by atoms with Crippen LogP contribution in [0.2, 0.25) is 5.02 Å². The van der Waals surface area contributed by atoms with Crippen LogP contribution >= 0.6 is 11.6 Å². The molecule has 0 heterocycles. The van der Waals surface area contributed by atoms with E-state index in [9.17, 15) is 13.2 Å². The van der Waals surface area contributed by atoms with Crippen LogP contribution in [-0.4, -0.2) is 10.9 Å². The Hall–Kier alpha value is -2.21. The zero-order chi connectivity index (χ0) is 16.6. The van der Waals surface area contributed by atoms with E-state index in [-0.39, 0.29) is 10.8 Å². The highest BCUT2D eigenvalue weighted by molar-refractivity contribution is 6.32. The number of rotatable bonds is 2. The van der Waals surface area contributed by atoms with Gasteiger partial charge in [-0.1, -0.05) is 16.8 Å². The molecule has 120 valence electrons. The van der Waals surface area contributed by atoms with E-state index in [0.29, 0.717) is 24.3 Å². The smallest absolute Gasteiger partial charge is 0.416 e. The highest BCUT2D eigenvalue weighted by Gasteiger charge is 2.31. The van der Waals surface area contributed by atoms with Crippen molar-refractivity contribution >= 4 is 17.3 Å². The zero-order valence-corrected chi connectivity index (χ0v) is 12.4. The van der Waals surface area contributed by atoms with Crippen molar-refractivity contribution < 1.29 is 23.1 Å². The van der Waals surface area contributed by atoms with Crippen molar-refractivity contribution in [2.24, 2.45) is 5.16 Å². The van der Waals surface area contributed by atoms with Crippen molar-refractivity contribution in [3.8, 4) is 11.5 Å². The lowest BCUT2D eigenvalue weighted by atomic mass is 10.1. The van der Waals surface area contributed by atoms with Gasteiger partial charge >= 0.3 is 6.18 Å². The molecule has 0 fully saturated rings. The number of nitrogens with zero attached hydrogens (tertiary/aromatic N) is 1. The first-order chi connectivity index (χ1) is 10.9.